The summed E-state index contributed by atoms with van der Waals surface area (Å²) in [5, 5.41) is 7.92. The minimum absolute atomic E-state index is 0.412. The lowest BCUT2D eigenvalue weighted by molar-refractivity contribution is 0.894. The first-order valence-corrected chi connectivity index (χ1v) is 3.53. The average molecular weight is 117 g/mol. The van der Waals surface area contributed by atoms with E-state index in [-0.39, 0.29) is 0 Å². The number of rotatable bonds is 1. The van der Waals surface area contributed by atoms with Crippen LogP contribution in [-0.4, -0.2) is 11.3 Å². The first-order chi connectivity index (χ1) is 3.18. The van der Waals surface area contributed by atoms with Gasteiger partial charge in [0.25, 0.3) is 0 Å². The molecule has 0 spiro atoms. The van der Waals surface area contributed by atoms with E-state index in [0.29, 0.717) is 5.92 Å². The largest absolute Gasteiger partial charge is 0.298 e. The molecule has 42 valence electrons. The molecule has 2 heteroatoms. The summed E-state index contributed by atoms with van der Waals surface area (Å²) in [6.45, 7) is 4.05. The normalized spacial score (nSPS) is 9.71. The molecule has 0 heterocycles. The van der Waals surface area contributed by atoms with Crippen molar-refractivity contribution in [1.82, 2.24) is 0 Å². The molecule has 0 aliphatic carbocycles. The minimum Gasteiger partial charge on any atom is -0.298 e. The summed E-state index contributed by atoms with van der Waals surface area (Å²) in [6, 6.07) is 0. The molecule has 0 radical (unpaired) electrons. The van der Waals surface area contributed by atoms with Crippen molar-refractivity contribution in [3.05, 3.63) is 0 Å². The van der Waals surface area contributed by atoms with Crippen molar-refractivity contribution in [2.45, 2.75) is 13.8 Å². The van der Waals surface area contributed by atoms with E-state index in [4.69, 9.17) is 5.41 Å². The molecule has 0 bridgehead atoms. The molecule has 0 unspecified atom stereocenters. The minimum atomic E-state index is 0.412. The fraction of sp³-hybridized carbons (Fsp3) is 0.800. The highest BCUT2D eigenvalue weighted by Crippen LogP contribution is 2.05. The van der Waals surface area contributed by atoms with Crippen molar-refractivity contribution in [2.75, 3.05) is 6.26 Å². The Labute approximate surface area is 49.0 Å². The Morgan fingerprint density at radius 2 is 2.00 bits per heavy atom. The van der Waals surface area contributed by atoms with Crippen LogP contribution in [0.1, 0.15) is 13.8 Å². The van der Waals surface area contributed by atoms with Crippen LogP contribution in [0.25, 0.3) is 0 Å². The van der Waals surface area contributed by atoms with Gasteiger partial charge in [0.15, 0.2) is 0 Å². The van der Waals surface area contributed by atoms with Crippen LogP contribution in [0.5, 0.6) is 0 Å². The van der Waals surface area contributed by atoms with E-state index < -0.39 is 0 Å². The lowest BCUT2D eigenvalue weighted by atomic mass is 10.2. The zero-order chi connectivity index (χ0) is 5.86. The summed E-state index contributed by atoms with van der Waals surface area (Å²) in [5.41, 5.74) is 0. The number of hydrogen-bond acceptors (Lipinski definition) is 2. The monoisotopic (exact) mass is 117 g/mol. The predicted octanol–water partition coefficient (Wildman–Crippen LogP) is 1.98. The Kier molecular flexibility index (Phi) is 3.09. The third kappa shape index (κ3) is 2.68. The molecular weight excluding hydrogens is 106 g/mol. The summed E-state index contributed by atoms with van der Waals surface area (Å²) in [7, 11) is 0. The van der Waals surface area contributed by atoms with E-state index in [1.165, 1.54) is 11.8 Å². The molecule has 0 aliphatic heterocycles. The average Bonchev–Trinajstić information content (AvgIpc) is 1.65. The number of hydrogen-bond donors (Lipinski definition) is 1. The van der Waals surface area contributed by atoms with Crippen molar-refractivity contribution in [2.24, 2.45) is 5.92 Å². The van der Waals surface area contributed by atoms with Gasteiger partial charge in [0.05, 0.1) is 5.04 Å². The molecule has 0 saturated carbocycles. The Hall–Kier alpha value is 0.0200. The molecule has 1 N–H and O–H groups in total. The third-order valence-corrected chi connectivity index (χ3v) is 1.66. The molecular formula is C5H11NS. The molecule has 0 saturated heterocycles. The van der Waals surface area contributed by atoms with E-state index in [1.807, 2.05) is 20.1 Å². The highest BCUT2D eigenvalue weighted by molar-refractivity contribution is 8.13. The molecule has 0 amide bonds. The second kappa shape index (κ2) is 3.08. The Morgan fingerprint density at radius 1 is 1.57 bits per heavy atom. The standard InChI is InChI=1S/C5H11NS/c1-4(2)5(6)7-3/h4,6H,1-3H3. The van der Waals surface area contributed by atoms with Crippen LogP contribution in [-0.2, 0) is 0 Å². The summed E-state index contributed by atoms with van der Waals surface area (Å²) < 4.78 is 0. The molecule has 0 aromatic carbocycles. The fourth-order valence-corrected chi connectivity index (χ4v) is 0.707. The van der Waals surface area contributed by atoms with E-state index in [9.17, 15) is 0 Å². The maximum atomic E-state index is 7.16. The van der Waals surface area contributed by atoms with E-state index >= 15 is 0 Å². The first-order valence-electron chi connectivity index (χ1n) is 2.31. The van der Waals surface area contributed by atoms with E-state index in [2.05, 4.69) is 0 Å². The summed E-state index contributed by atoms with van der Waals surface area (Å²) in [5.74, 6) is 0.412. The molecule has 0 rings (SSSR count). The van der Waals surface area contributed by atoms with Gasteiger partial charge in [-0.3, -0.25) is 5.41 Å². The molecule has 0 aromatic rings. The summed E-state index contributed by atoms with van der Waals surface area (Å²) in [6.07, 6.45) is 1.93. The number of nitrogens with one attached hydrogen (secondary N) is 1. The van der Waals surface area contributed by atoms with Gasteiger partial charge in [-0.2, -0.15) is 0 Å². The topological polar surface area (TPSA) is 23.9 Å². The third-order valence-electron chi connectivity index (χ3n) is 0.744. The lowest BCUT2D eigenvalue weighted by Crippen LogP contribution is -1.97. The number of thioether (sulfide) groups is 1. The second-order valence-electron chi connectivity index (χ2n) is 1.72. The van der Waals surface area contributed by atoms with Gasteiger partial charge in [0.2, 0.25) is 0 Å². The summed E-state index contributed by atoms with van der Waals surface area (Å²) in [4.78, 5) is 0. The van der Waals surface area contributed by atoms with Crippen LogP contribution in [0.3, 0.4) is 0 Å². The van der Waals surface area contributed by atoms with Crippen molar-refractivity contribution in [3.63, 3.8) is 0 Å². The van der Waals surface area contributed by atoms with Gasteiger partial charge in [0.1, 0.15) is 0 Å². The highest BCUT2D eigenvalue weighted by Gasteiger charge is 1.96. The van der Waals surface area contributed by atoms with Gasteiger partial charge in [0, 0.05) is 5.92 Å². The van der Waals surface area contributed by atoms with Crippen LogP contribution in [0.15, 0.2) is 0 Å². The van der Waals surface area contributed by atoms with Crippen LogP contribution >= 0.6 is 11.8 Å². The first kappa shape index (κ1) is 7.02. The van der Waals surface area contributed by atoms with Crippen LogP contribution in [0.4, 0.5) is 0 Å². The Morgan fingerprint density at radius 3 is 2.00 bits per heavy atom. The molecule has 7 heavy (non-hydrogen) atoms. The molecule has 1 nitrogen and oxygen atoms in total. The Bertz CT molecular complexity index is 68.5. The van der Waals surface area contributed by atoms with Crippen molar-refractivity contribution in [1.29, 1.82) is 5.41 Å². The van der Waals surface area contributed by atoms with Crippen LogP contribution in [0, 0.1) is 11.3 Å². The predicted molar refractivity (Wildman–Crippen MR) is 36.1 cm³/mol. The SMILES string of the molecule is CSC(=N)C(C)C. The van der Waals surface area contributed by atoms with Crippen molar-refractivity contribution < 1.29 is 0 Å². The Balaban J connectivity index is 3.35. The maximum absolute atomic E-state index is 7.16. The molecule has 0 fully saturated rings. The summed E-state index contributed by atoms with van der Waals surface area (Å²) >= 11 is 1.52. The van der Waals surface area contributed by atoms with E-state index in [0.717, 1.165) is 5.04 Å². The second-order valence-corrected chi connectivity index (χ2v) is 2.57. The molecule has 0 aromatic heterocycles. The lowest BCUT2D eigenvalue weighted by Gasteiger charge is -1.99. The maximum Gasteiger partial charge on any atom is 0.0664 e. The molecule has 0 aliphatic rings. The van der Waals surface area contributed by atoms with E-state index in [1.54, 1.807) is 0 Å². The molecule has 0 atom stereocenters. The smallest absolute Gasteiger partial charge is 0.0664 e. The zero-order valence-corrected chi connectivity index (χ0v) is 5.80. The van der Waals surface area contributed by atoms with Crippen LogP contribution in [0.2, 0.25) is 0 Å². The van der Waals surface area contributed by atoms with Gasteiger partial charge in [-0.15, -0.1) is 11.8 Å². The van der Waals surface area contributed by atoms with Crippen LogP contribution < -0.4 is 0 Å². The van der Waals surface area contributed by atoms with Gasteiger partial charge in [-0.1, -0.05) is 13.8 Å². The highest BCUT2D eigenvalue weighted by atomic mass is 32.2. The van der Waals surface area contributed by atoms with Gasteiger partial charge < -0.3 is 0 Å². The van der Waals surface area contributed by atoms with Gasteiger partial charge in [-0.05, 0) is 6.26 Å². The van der Waals surface area contributed by atoms with Crippen molar-refractivity contribution >= 4 is 16.8 Å². The van der Waals surface area contributed by atoms with Crippen molar-refractivity contribution in [3.8, 4) is 0 Å². The zero-order valence-electron chi connectivity index (χ0n) is 4.99. The fourth-order valence-electron chi connectivity index (χ4n) is 0.236. The van der Waals surface area contributed by atoms with Gasteiger partial charge >= 0.3 is 0 Å². The quantitative estimate of drug-likeness (QED) is 0.412. The van der Waals surface area contributed by atoms with Gasteiger partial charge in [-0.25, -0.2) is 0 Å².